The van der Waals surface area contributed by atoms with E-state index in [-0.39, 0.29) is 35.6 Å². The molecule has 198 valence electrons. The molecule has 0 saturated carbocycles. The lowest BCUT2D eigenvalue weighted by atomic mass is 9.94. The first-order valence-corrected chi connectivity index (χ1v) is 12.5. The molecule has 5 rings (SSSR count). The number of Topliss-reactive ketones (excluding diaryl/α,β-unsaturated/α-hetero) is 1. The molecule has 0 N–H and O–H groups in total. The van der Waals surface area contributed by atoms with Gasteiger partial charge in [-0.05, 0) is 47.4 Å². The monoisotopic (exact) mass is 522 g/mol. The van der Waals surface area contributed by atoms with Gasteiger partial charge < -0.3 is 19.1 Å². The van der Waals surface area contributed by atoms with Crippen molar-refractivity contribution in [1.29, 1.82) is 0 Å². The van der Waals surface area contributed by atoms with Gasteiger partial charge in [0.15, 0.2) is 12.6 Å². The van der Waals surface area contributed by atoms with Gasteiger partial charge in [0.2, 0.25) is 0 Å². The first-order chi connectivity index (χ1) is 18.4. The number of rotatable bonds is 7. The SMILES string of the molecule is CCc1c(F)ccc2cc(OCOC)cc(-c3ncc4c(N5CCCC(=O)CC5)nc(OC)nc4c3F)c12. The van der Waals surface area contributed by atoms with E-state index in [1.54, 1.807) is 18.2 Å². The number of methoxy groups -OCH3 is 2. The molecule has 1 fully saturated rings. The van der Waals surface area contributed by atoms with Gasteiger partial charge in [-0.3, -0.25) is 9.78 Å². The number of pyridine rings is 1. The Bertz CT molecular complexity index is 1530. The molecule has 0 radical (unpaired) electrons. The Morgan fingerprint density at radius 2 is 1.92 bits per heavy atom. The normalized spacial score (nSPS) is 14.2. The summed E-state index contributed by atoms with van der Waals surface area (Å²) in [7, 11) is 2.92. The van der Waals surface area contributed by atoms with E-state index in [0.29, 0.717) is 77.6 Å². The van der Waals surface area contributed by atoms with Crippen molar-refractivity contribution < 1.29 is 27.8 Å². The first kappa shape index (κ1) is 25.7. The molecule has 2 aromatic heterocycles. The highest BCUT2D eigenvalue weighted by molar-refractivity contribution is 6.02. The van der Waals surface area contributed by atoms with E-state index < -0.39 is 5.82 Å². The summed E-state index contributed by atoms with van der Waals surface area (Å²) < 4.78 is 47.2. The molecular weight excluding hydrogens is 494 g/mol. The fraction of sp³-hybridized carbons (Fsp3) is 0.357. The molecular formula is C28H28F2N4O4. The molecule has 0 atom stereocenters. The third kappa shape index (κ3) is 4.71. The number of hydrogen-bond acceptors (Lipinski definition) is 8. The second-order valence-electron chi connectivity index (χ2n) is 9.10. The first-order valence-electron chi connectivity index (χ1n) is 12.5. The van der Waals surface area contributed by atoms with Gasteiger partial charge in [-0.25, -0.2) is 8.78 Å². The van der Waals surface area contributed by atoms with Crippen molar-refractivity contribution >= 4 is 33.3 Å². The molecule has 0 spiro atoms. The lowest BCUT2D eigenvalue weighted by Crippen LogP contribution is -2.26. The number of hydrogen-bond donors (Lipinski definition) is 0. The number of ether oxygens (including phenoxy) is 3. The molecule has 3 heterocycles. The van der Waals surface area contributed by atoms with Gasteiger partial charge >= 0.3 is 6.01 Å². The fourth-order valence-corrected chi connectivity index (χ4v) is 4.95. The van der Waals surface area contributed by atoms with Gasteiger partial charge in [-0.2, -0.15) is 9.97 Å². The van der Waals surface area contributed by atoms with E-state index in [4.69, 9.17) is 14.2 Å². The van der Waals surface area contributed by atoms with Gasteiger partial charge in [0.05, 0.1) is 12.5 Å². The summed E-state index contributed by atoms with van der Waals surface area (Å²) in [5.41, 5.74) is 0.859. The van der Waals surface area contributed by atoms with E-state index in [0.717, 1.165) is 0 Å². The highest BCUT2D eigenvalue weighted by atomic mass is 19.1. The number of aromatic nitrogens is 3. The van der Waals surface area contributed by atoms with Crippen LogP contribution in [0.15, 0.2) is 30.5 Å². The van der Waals surface area contributed by atoms with Crippen molar-refractivity contribution in [2.45, 2.75) is 32.6 Å². The maximum Gasteiger partial charge on any atom is 0.318 e. The van der Waals surface area contributed by atoms with E-state index >= 15 is 4.39 Å². The predicted molar refractivity (Wildman–Crippen MR) is 140 cm³/mol. The second kappa shape index (κ2) is 10.8. The van der Waals surface area contributed by atoms with Crippen molar-refractivity contribution in [1.82, 2.24) is 15.0 Å². The molecule has 0 amide bonds. The zero-order valence-corrected chi connectivity index (χ0v) is 21.5. The second-order valence-corrected chi connectivity index (χ2v) is 9.10. The van der Waals surface area contributed by atoms with E-state index in [9.17, 15) is 9.18 Å². The van der Waals surface area contributed by atoms with Crippen molar-refractivity contribution in [2.75, 3.05) is 39.0 Å². The summed E-state index contributed by atoms with van der Waals surface area (Å²) in [6.07, 6.45) is 3.48. The van der Waals surface area contributed by atoms with Crippen LogP contribution in [0.3, 0.4) is 0 Å². The Kier molecular flexibility index (Phi) is 7.33. The van der Waals surface area contributed by atoms with E-state index in [1.807, 2.05) is 11.8 Å². The van der Waals surface area contributed by atoms with Crippen molar-refractivity contribution in [3.05, 3.63) is 47.7 Å². The van der Waals surface area contributed by atoms with Crippen LogP contribution in [0, 0.1) is 11.6 Å². The minimum Gasteiger partial charge on any atom is -0.468 e. The van der Waals surface area contributed by atoms with Crippen LogP contribution in [-0.2, 0) is 16.0 Å². The van der Waals surface area contributed by atoms with Crippen LogP contribution in [0.4, 0.5) is 14.6 Å². The van der Waals surface area contributed by atoms with Crippen LogP contribution in [0.2, 0.25) is 0 Å². The van der Waals surface area contributed by atoms with E-state index in [2.05, 4.69) is 15.0 Å². The molecule has 38 heavy (non-hydrogen) atoms. The quantitative estimate of drug-likeness (QED) is 0.305. The highest BCUT2D eigenvalue weighted by Gasteiger charge is 2.24. The van der Waals surface area contributed by atoms with Crippen molar-refractivity contribution in [2.24, 2.45) is 0 Å². The molecule has 1 aliphatic heterocycles. The van der Waals surface area contributed by atoms with Crippen molar-refractivity contribution in [3.8, 4) is 23.0 Å². The number of fused-ring (bicyclic) bond motifs is 2. The average molecular weight is 523 g/mol. The summed E-state index contributed by atoms with van der Waals surface area (Å²) in [6.45, 7) is 2.89. The minimum absolute atomic E-state index is 0.00134. The van der Waals surface area contributed by atoms with Crippen LogP contribution in [0.5, 0.6) is 11.8 Å². The summed E-state index contributed by atoms with van der Waals surface area (Å²) in [5.74, 6) is 0.00834. The van der Waals surface area contributed by atoms with Crippen LogP contribution in [0.25, 0.3) is 32.9 Å². The van der Waals surface area contributed by atoms with Gasteiger partial charge in [0, 0.05) is 44.8 Å². The zero-order valence-electron chi connectivity index (χ0n) is 21.5. The van der Waals surface area contributed by atoms with Crippen LogP contribution in [0.1, 0.15) is 31.7 Å². The third-order valence-electron chi connectivity index (χ3n) is 6.76. The lowest BCUT2D eigenvalue weighted by Gasteiger charge is -2.23. The number of carbonyl (C=O) groups excluding carboxylic acids is 1. The Morgan fingerprint density at radius 3 is 2.68 bits per heavy atom. The predicted octanol–water partition coefficient (Wildman–Crippen LogP) is 5.24. The maximum atomic E-state index is 16.4. The van der Waals surface area contributed by atoms with Gasteiger partial charge in [-0.1, -0.05) is 13.0 Å². The topological polar surface area (TPSA) is 86.7 Å². The Hall–Kier alpha value is -3.92. The summed E-state index contributed by atoms with van der Waals surface area (Å²) in [5, 5.41) is 1.64. The smallest absolute Gasteiger partial charge is 0.318 e. The average Bonchev–Trinajstić information content (AvgIpc) is 3.15. The molecule has 0 unspecified atom stereocenters. The summed E-state index contributed by atoms with van der Waals surface area (Å²) >= 11 is 0. The van der Waals surface area contributed by atoms with Crippen molar-refractivity contribution in [3.63, 3.8) is 0 Å². The Morgan fingerprint density at radius 1 is 1.08 bits per heavy atom. The third-order valence-corrected chi connectivity index (χ3v) is 6.76. The standard InChI is InChI=1S/C28H28F2N4O4/c1-4-19-22(29)8-7-16-12-18(38-15-36-2)13-20(23(16)19)25-24(30)26-21(14-31-25)27(33-28(32-26)37-3)34-10-5-6-17(35)9-11-34/h7-8,12-14H,4-6,9-11,15H2,1-3H3. The largest absolute Gasteiger partial charge is 0.468 e. The molecule has 0 bridgehead atoms. The van der Waals surface area contributed by atoms with E-state index in [1.165, 1.54) is 26.5 Å². The number of benzene rings is 2. The molecule has 0 aliphatic carbocycles. The Labute approximate surface area is 218 Å². The van der Waals surface area contributed by atoms with Gasteiger partial charge in [0.1, 0.15) is 34.4 Å². The van der Waals surface area contributed by atoms with Crippen LogP contribution in [-0.4, -0.2) is 54.8 Å². The molecule has 8 nitrogen and oxygen atoms in total. The number of carbonyl (C=O) groups is 1. The molecule has 10 heteroatoms. The minimum atomic E-state index is -0.688. The molecule has 1 aliphatic rings. The number of aryl methyl sites for hydroxylation is 1. The summed E-state index contributed by atoms with van der Waals surface area (Å²) in [4.78, 5) is 27.2. The zero-order chi connectivity index (χ0) is 26.8. The van der Waals surface area contributed by atoms with Gasteiger partial charge in [-0.15, -0.1) is 0 Å². The van der Waals surface area contributed by atoms with Crippen LogP contribution >= 0.6 is 0 Å². The fourth-order valence-electron chi connectivity index (χ4n) is 4.95. The Balaban J connectivity index is 1.75. The molecule has 2 aromatic carbocycles. The van der Waals surface area contributed by atoms with Crippen LogP contribution < -0.4 is 14.4 Å². The summed E-state index contributed by atoms with van der Waals surface area (Å²) in [6, 6.07) is 6.43. The highest BCUT2D eigenvalue weighted by Crippen LogP contribution is 2.39. The number of nitrogens with zero attached hydrogens (tertiary/aromatic N) is 4. The number of ketones is 1. The molecule has 1 saturated heterocycles. The van der Waals surface area contributed by atoms with Gasteiger partial charge in [0.25, 0.3) is 0 Å². The number of anilines is 1. The maximum absolute atomic E-state index is 16.4. The lowest BCUT2D eigenvalue weighted by molar-refractivity contribution is -0.118. The molecule has 4 aromatic rings. The number of halogens is 2.